The molecule has 3 heteroatoms. The van der Waals surface area contributed by atoms with Crippen molar-refractivity contribution in [2.45, 2.75) is 72.0 Å². The lowest BCUT2D eigenvalue weighted by molar-refractivity contribution is 0.135. The van der Waals surface area contributed by atoms with E-state index in [1.54, 1.807) is 0 Å². The topological polar surface area (TPSA) is 29.3 Å². The summed E-state index contributed by atoms with van der Waals surface area (Å²) in [6.07, 6.45) is 3.84. The molecule has 110 valence electrons. The van der Waals surface area contributed by atoms with E-state index in [0.717, 1.165) is 6.54 Å². The molecule has 0 radical (unpaired) electrons. The summed E-state index contributed by atoms with van der Waals surface area (Å²) < 4.78 is 0. The molecule has 1 heterocycles. The van der Waals surface area contributed by atoms with Crippen molar-refractivity contribution in [3.63, 3.8) is 0 Å². The lowest BCUT2D eigenvalue weighted by atomic mass is 10.0. The minimum Gasteiger partial charge on any atom is -0.326 e. The van der Waals surface area contributed by atoms with Crippen molar-refractivity contribution in [1.29, 1.82) is 0 Å². The zero-order valence-corrected chi connectivity index (χ0v) is 14.0. The van der Waals surface area contributed by atoms with E-state index in [1.807, 2.05) is 11.3 Å². The highest BCUT2D eigenvalue weighted by Crippen LogP contribution is 2.31. The Balaban J connectivity index is 2.86. The zero-order chi connectivity index (χ0) is 14.4. The summed E-state index contributed by atoms with van der Waals surface area (Å²) in [7, 11) is 0. The first-order valence-electron chi connectivity index (χ1n) is 7.55. The minimum absolute atomic E-state index is 0.169. The van der Waals surface area contributed by atoms with Crippen LogP contribution in [0.15, 0.2) is 12.1 Å². The number of thiophene rings is 1. The number of rotatable bonds is 8. The van der Waals surface area contributed by atoms with Crippen LogP contribution in [0.2, 0.25) is 0 Å². The van der Waals surface area contributed by atoms with Gasteiger partial charge in [0.15, 0.2) is 0 Å². The Kier molecular flexibility index (Phi) is 7.05. The van der Waals surface area contributed by atoms with Crippen molar-refractivity contribution in [1.82, 2.24) is 4.90 Å². The fourth-order valence-electron chi connectivity index (χ4n) is 2.60. The summed E-state index contributed by atoms with van der Waals surface area (Å²) in [5.74, 6) is 0. The average molecular weight is 282 g/mol. The van der Waals surface area contributed by atoms with Crippen LogP contribution in [0.25, 0.3) is 0 Å². The predicted molar refractivity (Wildman–Crippen MR) is 86.8 cm³/mol. The van der Waals surface area contributed by atoms with Crippen LogP contribution in [0.4, 0.5) is 0 Å². The maximum atomic E-state index is 6.29. The summed E-state index contributed by atoms with van der Waals surface area (Å²) >= 11 is 1.89. The molecule has 1 aromatic rings. The molecule has 0 aromatic carbocycles. The number of hydrogen-bond donors (Lipinski definition) is 1. The third-order valence-electron chi connectivity index (χ3n) is 3.59. The molecule has 0 aliphatic rings. The molecule has 0 fully saturated rings. The number of nitrogens with zero attached hydrogens (tertiary/aromatic N) is 1. The molecular formula is C16H30N2S. The van der Waals surface area contributed by atoms with Gasteiger partial charge < -0.3 is 5.73 Å². The lowest BCUT2D eigenvalue weighted by Crippen LogP contribution is -2.43. The van der Waals surface area contributed by atoms with E-state index in [9.17, 15) is 0 Å². The summed E-state index contributed by atoms with van der Waals surface area (Å²) in [4.78, 5) is 5.36. The Morgan fingerprint density at radius 3 is 2.32 bits per heavy atom. The van der Waals surface area contributed by atoms with Crippen molar-refractivity contribution in [3.05, 3.63) is 21.9 Å². The highest BCUT2D eigenvalue weighted by Gasteiger charge is 2.26. The lowest BCUT2D eigenvalue weighted by Gasteiger charge is -2.37. The van der Waals surface area contributed by atoms with Crippen LogP contribution in [0.1, 0.15) is 62.8 Å². The van der Waals surface area contributed by atoms with Gasteiger partial charge in [-0.1, -0.05) is 19.8 Å². The molecule has 0 aliphatic heterocycles. The second-order valence-corrected chi connectivity index (χ2v) is 7.11. The van der Waals surface area contributed by atoms with Gasteiger partial charge in [0.2, 0.25) is 0 Å². The van der Waals surface area contributed by atoms with Gasteiger partial charge >= 0.3 is 0 Å². The zero-order valence-electron chi connectivity index (χ0n) is 13.1. The molecule has 0 bridgehead atoms. The van der Waals surface area contributed by atoms with Crippen LogP contribution < -0.4 is 5.73 Å². The molecule has 0 saturated heterocycles. The Morgan fingerprint density at radius 1 is 1.21 bits per heavy atom. The Morgan fingerprint density at radius 2 is 1.89 bits per heavy atom. The van der Waals surface area contributed by atoms with Crippen LogP contribution in [-0.4, -0.2) is 23.5 Å². The van der Waals surface area contributed by atoms with Crippen LogP contribution in [0, 0.1) is 6.92 Å². The summed E-state index contributed by atoms with van der Waals surface area (Å²) in [5.41, 5.74) is 6.29. The molecule has 2 atom stereocenters. The highest BCUT2D eigenvalue weighted by molar-refractivity contribution is 7.12. The second kappa shape index (κ2) is 8.03. The number of nitrogens with two attached hydrogens (primary N) is 1. The monoisotopic (exact) mass is 282 g/mol. The first-order valence-corrected chi connectivity index (χ1v) is 8.36. The first-order chi connectivity index (χ1) is 8.97. The van der Waals surface area contributed by atoms with Gasteiger partial charge in [0, 0.05) is 21.8 Å². The molecule has 2 unspecified atom stereocenters. The quantitative estimate of drug-likeness (QED) is 0.718. The molecule has 0 aliphatic carbocycles. The maximum Gasteiger partial charge on any atom is 0.0593 e. The highest BCUT2D eigenvalue weighted by atomic mass is 32.1. The van der Waals surface area contributed by atoms with Crippen molar-refractivity contribution in [2.24, 2.45) is 5.73 Å². The third-order valence-corrected chi connectivity index (χ3v) is 4.66. The van der Waals surface area contributed by atoms with Gasteiger partial charge in [-0.15, -0.1) is 11.3 Å². The minimum atomic E-state index is 0.169. The molecule has 1 aromatic heterocycles. The van der Waals surface area contributed by atoms with E-state index < -0.39 is 0 Å². The molecule has 1 rings (SSSR count). The predicted octanol–water partition coefficient (Wildman–Crippen LogP) is 4.35. The van der Waals surface area contributed by atoms with Gasteiger partial charge in [-0.2, -0.15) is 0 Å². The van der Waals surface area contributed by atoms with Gasteiger partial charge in [0.1, 0.15) is 0 Å². The summed E-state index contributed by atoms with van der Waals surface area (Å²) in [6.45, 7) is 12.3. The van der Waals surface area contributed by atoms with Crippen molar-refractivity contribution >= 4 is 11.3 Å². The van der Waals surface area contributed by atoms with E-state index in [4.69, 9.17) is 5.73 Å². The largest absolute Gasteiger partial charge is 0.326 e. The fourth-order valence-corrected chi connectivity index (χ4v) is 3.71. The maximum absolute atomic E-state index is 6.29. The number of aryl methyl sites for hydroxylation is 1. The first kappa shape index (κ1) is 16.7. The van der Waals surface area contributed by atoms with E-state index in [1.165, 1.54) is 29.0 Å². The van der Waals surface area contributed by atoms with E-state index in [2.05, 4.69) is 51.7 Å². The van der Waals surface area contributed by atoms with Crippen molar-refractivity contribution in [2.75, 3.05) is 6.54 Å². The van der Waals surface area contributed by atoms with E-state index >= 15 is 0 Å². The smallest absolute Gasteiger partial charge is 0.0593 e. The normalized spacial score (nSPS) is 15.2. The Bertz CT molecular complexity index is 357. The molecule has 0 spiro atoms. The summed E-state index contributed by atoms with van der Waals surface area (Å²) in [5, 5.41) is 0. The molecule has 19 heavy (non-hydrogen) atoms. The molecule has 0 saturated carbocycles. The number of hydrogen-bond acceptors (Lipinski definition) is 3. The standard InChI is InChI=1S/C16H30N2S/c1-6-7-8-11-18(12(2)3)16(14(5)17)15-10-9-13(4)19-15/h9-10,12,14,16H,6-8,11,17H2,1-5H3. The second-order valence-electron chi connectivity index (χ2n) is 5.79. The Hall–Kier alpha value is -0.380. The molecule has 2 nitrogen and oxygen atoms in total. The number of unbranched alkanes of at least 4 members (excludes halogenated alkanes) is 2. The van der Waals surface area contributed by atoms with Gasteiger partial charge in [-0.3, -0.25) is 4.90 Å². The van der Waals surface area contributed by atoms with Crippen LogP contribution in [0.5, 0.6) is 0 Å². The van der Waals surface area contributed by atoms with Gasteiger partial charge in [0.25, 0.3) is 0 Å². The summed E-state index contributed by atoms with van der Waals surface area (Å²) in [6, 6.07) is 5.52. The average Bonchev–Trinajstić information content (AvgIpc) is 2.73. The van der Waals surface area contributed by atoms with Gasteiger partial charge in [0.05, 0.1) is 6.04 Å². The van der Waals surface area contributed by atoms with Gasteiger partial charge in [-0.25, -0.2) is 0 Å². The van der Waals surface area contributed by atoms with Crippen LogP contribution >= 0.6 is 11.3 Å². The van der Waals surface area contributed by atoms with Gasteiger partial charge in [-0.05, 0) is 52.8 Å². The SMILES string of the molecule is CCCCCN(C(C)C)C(c1ccc(C)s1)C(C)N. The van der Waals surface area contributed by atoms with Crippen molar-refractivity contribution in [3.8, 4) is 0 Å². The van der Waals surface area contributed by atoms with E-state index in [-0.39, 0.29) is 6.04 Å². The van der Waals surface area contributed by atoms with E-state index in [0.29, 0.717) is 12.1 Å². The fraction of sp³-hybridized carbons (Fsp3) is 0.750. The van der Waals surface area contributed by atoms with Crippen molar-refractivity contribution < 1.29 is 0 Å². The Labute approximate surface area is 123 Å². The third kappa shape index (κ3) is 4.90. The molecule has 0 amide bonds. The molecule has 2 N–H and O–H groups in total. The van der Waals surface area contributed by atoms with Crippen LogP contribution in [-0.2, 0) is 0 Å². The van der Waals surface area contributed by atoms with Crippen LogP contribution in [0.3, 0.4) is 0 Å². The molecular weight excluding hydrogens is 252 g/mol.